The number of hydrogen-bond acceptors (Lipinski definition) is 3. The number of ether oxygens (including phenoxy) is 1. The van der Waals surface area contributed by atoms with Gasteiger partial charge in [-0.1, -0.05) is 13.8 Å². The van der Waals surface area contributed by atoms with Crippen molar-refractivity contribution in [3.63, 3.8) is 0 Å². The van der Waals surface area contributed by atoms with Crippen molar-refractivity contribution in [3.8, 4) is 0 Å². The van der Waals surface area contributed by atoms with Gasteiger partial charge >= 0.3 is 0 Å². The van der Waals surface area contributed by atoms with Crippen molar-refractivity contribution < 1.29 is 4.74 Å². The van der Waals surface area contributed by atoms with Gasteiger partial charge in [-0.05, 0) is 25.7 Å². The molecule has 1 aliphatic heterocycles. The highest BCUT2D eigenvalue weighted by atomic mass is 16.5. The van der Waals surface area contributed by atoms with Crippen molar-refractivity contribution in [2.45, 2.75) is 51.2 Å². The number of imidazole rings is 1. The molecule has 0 amide bonds. The summed E-state index contributed by atoms with van der Waals surface area (Å²) in [5, 5.41) is 3.44. The van der Waals surface area contributed by atoms with Gasteiger partial charge in [-0.15, -0.1) is 0 Å². The molecule has 0 aromatic carbocycles. The SMILES string of the molecule is CCC1(CC)CC(Nc2ncc[nH]2)CCO1. The lowest BCUT2D eigenvalue weighted by atomic mass is 9.86. The molecule has 0 bridgehead atoms. The molecule has 0 spiro atoms. The number of nitrogens with zero attached hydrogens (tertiary/aromatic N) is 1. The second-order valence-electron chi connectivity index (χ2n) is 4.51. The minimum Gasteiger partial charge on any atom is -0.375 e. The first kappa shape index (κ1) is 11.5. The van der Waals surface area contributed by atoms with Gasteiger partial charge in [0.2, 0.25) is 0 Å². The van der Waals surface area contributed by atoms with Gasteiger partial charge in [0.15, 0.2) is 5.95 Å². The van der Waals surface area contributed by atoms with Gasteiger partial charge in [0, 0.05) is 25.0 Å². The lowest BCUT2D eigenvalue weighted by Crippen LogP contribution is -2.43. The smallest absolute Gasteiger partial charge is 0.200 e. The number of aromatic nitrogens is 2. The van der Waals surface area contributed by atoms with Crippen molar-refractivity contribution in [2.75, 3.05) is 11.9 Å². The second kappa shape index (κ2) is 4.87. The Kier molecular flexibility index (Phi) is 3.49. The summed E-state index contributed by atoms with van der Waals surface area (Å²) in [5.41, 5.74) is 0.0719. The first-order chi connectivity index (χ1) is 7.78. The van der Waals surface area contributed by atoms with Gasteiger partial charge in [0.25, 0.3) is 0 Å². The number of rotatable bonds is 4. The van der Waals surface area contributed by atoms with E-state index in [0.29, 0.717) is 6.04 Å². The van der Waals surface area contributed by atoms with E-state index in [1.165, 1.54) is 0 Å². The second-order valence-corrected chi connectivity index (χ2v) is 4.51. The van der Waals surface area contributed by atoms with Crippen molar-refractivity contribution in [3.05, 3.63) is 12.4 Å². The highest BCUT2D eigenvalue weighted by Gasteiger charge is 2.34. The Morgan fingerprint density at radius 3 is 3.00 bits per heavy atom. The third-order valence-corrected chi connectivity index (χ3v) is 3.62. The molecule has 1 fully saturated rings. The van der Waals surface area contributed by atoms with E-state index in [1.807, 2.05) is 6.20 Å². The summed E-state index contributed by atoms with van der Waals surface area (Å²) in [7, 11) is 0. The van der Waals surface area contributed by atoms with Gasteiger partial charge in [-0.3, -0.25) is 0 Å². The summed E-state index contributed by atoms with van der Waals surface area (Å²) >= 11 is 0. The molecule has 1 aromatic heterocycles. The minimum atomic E-state index is 0.0719. The molecule has 0 aliphatic carbocycles. The number of H-pyrrole nitrogens is 1. The average Bonchev–Trinajstić information content (AvgIpc) is 2.82. The molecule has 0 saturated carbocycles. The Balaban J connectivity index is 1.96. The van der Waals surface area contributed by atoms with Gasteiger partial charge in [0.1, 0.15) is 0 Å². The Morgan fingerprint density at radius 1 is 1.56 bits per heavy atom. The van der Waals surface area contributed by atoms with E-state index in [-0.39, 0.29) is 5.60 Å². The Labute approximate surface area is 96.8 Å². The maximum atomic E-state index is 5.94. The van der Waals surface area contributed by atoms with Crippen LogP contribution in [0.25, 0.3) is 0 Å². The average molecular weight is 223 g/mol. The van der Waals surface area contributed by atoms with Crippen molar-refractivity contribution in [2.24, 2.45) is 0 Å². The highest BCUT2D eigenvalue weighted by Crippen LogP contribution is 2.32. The predicted molar refractivity (Wildman–Crippen MR) is 64.5 cm³/mol. The van der Waals surface area contributed by atoms with E-state index in [4.69, 9.17) is 4.74 Å². The molecule has 4 heteroatoms. The van der Waals surface area contributed by atoms with E-state index in [2.05, 4.69) is 29.1 Å². The first-order valence-electron chi connectivity index (χ1n) is 6.18. The Hall–Kier alpha value is -1.03. The zero-order valence-electron chi connectivity index (χ0n) is 10.1. The number of hydrogen-bond donors (Lipinski definition) is 2. The van der Waals surface area contributed by atoms with Crippen LogP contribution in [-0.2, 0) is 4.74 Å². The Morgan fingerprint density at radius 2 is 2.38 bits per heavy atom. The molecule has 2 rings (SSSR count). The van der Waals surface area contributed by atoms with Crippen LogP contribution < -0.4 is 5.32 Å². The molecule has 1 unspecified atom stereocenters. The monoisotopic (exact) mass is 223 g/mol. The summed E-state index contributed by atoms with van der Waals surface area (Å²) in [6.45, 7) is 5.26. The van der Waals surface area contributed by atoms with E-state index >= 15 is 0 Å². The molecule has 16 heavy (non-hydrogen) atoms. The summed E-state index contributed by atoms with van der Waals surface area (Å²) in [6.07, 6.45) is 7.91. The fraction of sp³-hybridized carbons (Fsp3) is 0.750. The molecule has 2 heterocycles. The fourth-order valence-corrected chi connectivity index (χ4v) is 2.43. The lowest BCUT2D eigenvalue weighted by molar-refractivity contribution is -0.0865. The number of aromatic amines is 1. The molecule has 1 aromatic rings. The number of nitrogens with one attached hydrogen (secondary N) is 2. The van der Waals surface area contributed by atoms with Gasteiger partial charge in [-0.25, -0.2) is 4.98 Å². The van der Waals surface area contributed by atoms with Crippen molar-refractivity contribution >= 4 is 5.95 Å². The van der Waals surface area contributed by atoms with Crippen molar-refractivity contribution in [1.82, 2.24) is 9.97 Å². The predicted octanol–water partition coefficient (Wildman–Crippen LogP) is 2.56. The third kappa shape index (κ3) is 2.38. The van der Waals surface area contributed by atoms with Crippen LogP contribution in [0.2, 0.25) is 0 Å². The zero-order valence-corrected chi connectivity index (χ0v) is 10.1. The van der Waals surface area contributed by atoms with E-state index in [0.717, 1.165) is 38.2 Å². The maximum absolute atomic E-state index is 5.94. The van der Waals surface area contributed by atoms with Crippen LogP contribution in [0.3, 0.4) is 0 Å². The third-order valence-electron chi connectivity index (χ3n) is 3.62. The Bertz CT molecular complexity index is 306. The van der Waals surface area contributed by atoms with Crippen LogP contribution in [0.1, 0.15) is 39.5 Å². The fourth-order valence-electron chi connectivity index (χ4n) is 2.43. The molecular weight excluding hydrogens is 202 g/mol. The van der Waals surface area contributed by atoms with E-state index < -0.39 is 0 Å². The molecular formula is C12H21N3O. The molecule has 1 atom stereocenters. The maximum Gasteiger partial charge on any atom is 0.200 e. The van der Waals surface area contributed by atoms with Gasteiger partial charge in [-0.2, -0.15) is 0 Å². The summed E-state index contributed by atoms with van der Waals surface area (Å²) in [4.78, 5) is 7.29. The minimum absolute atomic E-state index is 0.0719. The zero-order chi connectivity index (χ0) is 11.4. The molecule has 1 saturated heterocycles. The van der Waals surface area contributed by atoms with Crippen LogP contribution in [0, 0.1) is 0 Å². The standard InChI is InChI=1S/C12H21N3O/c1-3-12(4-2)9-10(5-8-16-12)15-11-13-6-7-14-11/h6-7,10H,3-5,8-9H2,1-2H3,(H2,13,14,15). The largest absolute Gasteiger partial charge is 0.375 e. The van der Waals surface area contributed by atoms with Crippen LogP contribution >= 0.6 is 0 Å². The van der Waals surface area contributed by atoms with Crippen LogP contribution in [0.15, 0.2) is 12.4 Å². The first-order valence-corrected chi connectivity index (χ1v) is 6.18. The molecule has 90 valence electrons. The van der Waals surface area contributed by atoms with Crippen LogP contribution in [0.5, 0.6) is 0 Å². The molecule has 1 aliphatic rings. The van der Waals surface area contributed by atoms with E-state index in [1.54, 1.807) is 6.20 Å². The van der Waals surface area contributed by atoms with Crippen LogP contribution in [0.4, 0.5) is 5.95 Å². The summed E-state index contributed by atoms with van der Waals surface area (Å²) in [5.74, 6) is 0.869. The quantitative estimate of drug-likeness (QED) is 0.824. The molecule has 2 N–H and O–H groups in total. The summed E-state index contributed by atoms with van der Waals surface area (Å²) in [6, 6.07) is 0.472. The number of anilines is 1. The normalized spacial score (nSPS) is 24.2. The summed E-state index contributed by atoms with van der Waals surface area (Å²) < 4.78 is 5.94. The molecule has 0 radical (unpaired) electrons. The topological polar surface area (TPSA) is 49.9 Å². The van der Waals surface area contributed by atoms with Gasteiger partial charge in [0.05, 0.1) is 5.60 Å². The van der Waals surface area contributed by atoms with Crippen LogP contribution in [-0.4, -0.2) is 28.2 Å². The van der Waals surface area contributed by atoms with Gasteiger partial charge < -0.3 is 15.0 Å². The molecule has 4 nitrogen and oxygen atoms in total. The highest BCUT2D eigenvalue weighted by molar-refractivity contribution is 5.25. The van der Waals surface area contributed by atoms with E-state index in [9.17, 15) is 0 Å². The van der Waals surface area contributed by atoms with Crippen molar-refractivity contribution in [1.29, 1.82) is 0 Å². The lowest BCUT2D eigenvalue weighted by Gasteiger charge is -2.40.